The van der Waals surface area contributed by atoms with E-state index < -0.39 is 21.9 Å². The Kier molecular flexibility index (Phi) is 10.2. The molecule has 0 aliphatic heterocycles. The van der Waals surface area contributed by atoms with Crippen LogP contribution in [0.3, 0.4) is 0 Å². The highest BCUT2D eigenvalue weighted by molar-refractivity contribution is 7.92. The van der Waals surface area contributed by atoms with E-state index >= 15 is 0 Å². The van der Waals surface area contributed by atoms with Crippen LogP contribution in [0.2, 0.25) is 0 Å². The number of aryl methyl sites for hydroxylation is 1. The lowest BCUT2D eigenvalue weighted by molar-refractivity contribution is -0.140. The minimum absolute atomic E-state index is 0.00676. The van der Waals surface area contributed by atoms with Crippen LogP contribution in [0, 0.1) is 5.82 Å². The van der Waals surface area contributed by atoms with Gasteiger partial charge in [0.2, 0.25) is 21.8 Å². The predicted molar refractivity (Wildman–Crippen MR) is 137 cm³/mol. The maximum absolute atomic E-state index is 14.3. The molecule has 1 unspecified atom stereocenters. The first-order valence-corrected chi connectivity index (χ1v) is 13.7. The van der Waals surface area contributed by atoms with Crippen LogP contribution < -0.4 is 9.62 Å². The van der Waals surface area contributed by atoms with Gasteiger partial charge >= 0.3 is 0 Å². The van der Waals surface area contributed by atoms with Gasteiger partial charge < -0.3 is 10.2 Å². The van der Waals surface area contributed by atoms with Crippen LogP contribution in [-0.2, 0) is 32.6 Å². The molecule has 2 amide bonds. The Morgan fingerprint density at radius 2 is 1.66 bits per heavy atom. The van der Waals surface area contributed by atoms with Gasteiger partial charge in [-0.2, -0.15) is 0 Å². The van der Waals surface area contributed by atoms with Gasteiger partial charge in [0, 0.05) is 31.1 Å². The lowest BCUT2D eigenvalue weighted by Gasteiger charge is -2.30. The number of anilines is 1. The van der Waals surface area contributed by atoms with Crippen molar-refractivity contribution in [1.29, 1.82) is 0 Å². The molecule has 0 aliphatic rings. The third-order valence-corrected chi connectivity index (χ3v) is 6.88. The zero-order valence-corrected chi connectivity index (χ0v) is 21.9. The number of sulfonamides is 1. The number of carbonyl (C=O) groups excluding carboxylic acids is 2. The first-order chi connectivity index (χ1) is 16.4. The van der Waals surface area contributed by atoms with E-state index in [2.05, 4.69) is 5.32 Å². The summed E-state index contributed by atoms with van der Waals surface area (Å²) in [5.74, 6) is -1.14. The van der Waals surface area contributed by atoms with Gasteiger partial charge in [-0.3, -0.25) is 13.9 Å². The van der Waals surface area contributed by atoms with Crippen molar-refractivity contribution >= 4 is 27.5 Å². The van der Waals surface area contributed by atoms with Crippen molar-refractivity contribution in [2.24, 2.45) is 0 Å². The highest BCUT2D eigenvalue weighted by Crippen LogP contribution is 2.20. The summed E-state index contributed by atoms with van der Waals surface area (Å²) in [5.41, 5.74) is 1.93. The van der Waals surface area contributed by atoms with Crippen LogP contribution in [0.5, 0.6) is 0 Å². The Balaban J connectivity index is 2.17. The number of nitrogens with zero attached hydrogens (tertiary/aromatic N) is 2. The Bertz CT molecular complexity index is 1100. The number of carbonyl (C=O) groups is 2. The second-order valence-electron chi connectivity index (χ2n) is 8.91. The van der Waals surface area contributed by atoms with Crippen LogP contribution in [0.4, 0.5) is 10.1 Å². The van der Waals surface area contributed by atoms with Gasteiger partial charge in [-0.25, -0.2) is 12.8 Å². The average Bonchev–Trinajstić information content (AvgIpc) is 2.79. The standard InChI is InChI=1S/C26H36FN3O4S/c1-6-21-13-15-23(16-14-21)30(35(5,33)34)17-9-12-25(31)29(20(4)26(32)28-19(2)3)18-22-10-7-8-11-24(22)27/h7-8,10-11,13-16,19-20H,6,9,12,17-18H2,1-5H3,(H,28,32). The fourth-order valence-electron chi connectivity index (χ4n) is 3.70. The SMILES string of the molecule is CCc1ccc(N(CCCC(=O)N(Cc2ccccc2F)C(C)C(=O)NC(C)C)S(C)(=O)=O)cc1. The molecule has 192 valence electrons. The molecule has 7 nitrogen and oxygen atoms in total. The van der Waals surface area contributed by atoms with E-state index in [1.165, 1.54) is 15.3 Å². The van der Waals surface area contributed by atoms with Crippen LogP contribution in [0.15, 0.2) is 48.5 Å². The minimum atomic E-state index is -3.56. The van der Waals surface area contributed by atoms with Crippen molar-refractivity contribution in [3.8, 4) is 0 Å². The zero-order valence-electron chi connectivity index (χ0n) is 21.1. The quantitative estimate of drug-likeness (QED) is 0.474. The molecular formula is C26H36FN3O4S. The first-order valence-electron chi connectivity index (χ1n) is 11.8. The molecule has 35 heavy (non-hydrogen) atoms. The van der Waals surface area contributed by atoms with Crippen LogP contribution in [0.1, 0.15) is 51.7 Å². The Morgan fingerprint density at radius 3 is 2.20 bits per heavy atom. The molecule has 0 aromatic heterocycles. The molecule has 0 heterocycles. The first kappa shape index (κ1) is 28.3. The molecule has 0 spiro atoms. The Morgan fingerprint density at radius 1 is 1.03 bits per heavy atom. The van der Waals surface area contributed by atoms with Gasteiger partial charge in [-0.15, -0.1) is 0 Å². The van der Waals surface area contributed by atoms with Crippen LogP contribution >= 0.6 is 0 Å². The average molecular weight is 506 g/mol. The second kappa shape index (κ2) is 12.7. The number of nitrogens with one attached hydrogen (secondary N) is 1. The fraction of sp³-hybridized carbons (Fsp3) is 0.462. The smallest absolute Gasteiger partial charge is 0.242 e. The van der Waals surface area contributed by atoms with E-state index in [4.69, 9.17) is 0 Å². The Labute approximate surface area is 208 Å². The van der Waals surface area contributed by atoms with Crippen LogP contribution in [0.25, 0.3) is 0 Å². The topological polar surface area (TPSA) is 86.8 Å². The van der Waals surface area contributed by atoms with Crippen molar-refractivity contribution in [2.45, 2.75) is 65.6 Å². The fourth-order valence-corrected chi connectivity index (χ4v) is 4.67. The normalized spacial score (nSPS) is 12.3. The van der Waals surface area contributed by atoms with Gasteiger partial charge in [-0.05, 0) is 57.4 Å². The number of rotatable bonds is 12. The van der Waals surface area contributed by atoms with Crippen LogP contribution in [-0.4, -0.2) is 50.0 Å². The van der Waals surface area contributed by atoms with E-state index in [9.17, 15) is 22.4 Å². The van der Waals surface area contributed by atoms with Crippen molar-refractivity contribution in [3.63, 3.8) is 0 Å². The summed E-state index contributed by atoms with van der Waals surface area (Å²) >= 11 is 0. The summed E-state index contributed by atoms with van der Waals surface area (Å²) in [6.07, 6.45) is 2.22. The molecular weight excluding hydrogens is 469 g/mol. The number of benzene rings is 2. The summed E-state index contributed by atoms with van der Waals surface area (Å²) in [6, 6.07) is 12.5. The van der Waals surface area contributed by atoms with E-state index in [-0.39, 0.29) is 43.8 Å². The van der Waals surface area contributed by atoms with E-state index in [0.717, 1.165) is 18.2 Å². The van der Waals surface area contributed by atoms with Gasteiger partial charge in [0.1, 0.15) is 11.9 Å². The highest BCUT2D eigenvalue weighted by Gasteiger charge is 2.27. The highest BCUT2D eigenvalue weighted by atomic mass is 32.2. The number of halogens is 1. The van der Waals surface area contributed by atoms with E-state index in [1.54, 1.807) is 37.3 Å². The molecule has 0 radical (unpaired) electrons. The number of hydrogen-bond acceptors (Lipinski definition) is 4. The van der Waals surface area contributed by atoms with Crippen molar-refractivity contribution < 1.29 is 22.4 Å². The molecule has 0 fully saturated rings. The lowest BCUT2D eigenvalue weighted by Crippen LogP contribution is -2.49. The molecule has 2 aromatic carbocycles. The summed E-state index contributed by atoms with van der Waals surface area (Å²) in [4.78, 5) is 27.2. The monoisotopic (exact) mass is 505 g/mol. The maximum Gasteiger partial charge on any atom is 0.242 e. The number of amides is 2. The zero-order chi connectivity index (χ0) is 26.2. The van der Waals surface area contributed by atoms with Crippen molar-refractivity contribution in [2.75, 3.05) is 17.1 Å². The van der Waals surface area contributed by atoms with Crippen molar-refractivity contribution in [3.05, 3.63) is 65.5 Å². The molecule has 9 heteroatoms. The van der Waals surface area contributed by atoms with E-state index in [1.807, 2.05) is 32.9 Å². The number of hydrogen-bond donors (Lipinski definition) is 1. The summed E-state index contributed by atoms with van der Waals surface area (Å²) in [6.45, 7) is 7.31. The molecule has 2 aromatic rings. The van der Waals surface area contributed by atoms with Gasteiger partial charge in [0.25, 0.3) is 0 Å². The summed E-state index contributed by atoms with van der Waals surface area (Å²) in [5, 5.41) is 2.79. The van der Waals surface area contributed by atoms with Gasteiger partial charge in [-0.1, -0.05) is 37.3 Å². The molecule has 2 rings (SSSR count). The maximum atomic E-state index is 14.3. The minimum Gasteiger partial charge on any atom is -0.352 e. The Hall–Kier alpha value is -2.94. The van der Waals surface area contributed by atoms with E-state index in [0.29, 0.717) is 11.3 Å². The molecule has 0 bridgehead atoms. The largest absolute Gasteiger partial charge is 0.352 e. The summed E-state index contributed by atoms with van der Waals surface area (Å²) in [7, 11) is -3.56. The lowest BCUT2D eigenvalue weighted by atomic mass is 10.1. The second-order valence-corrected chi connectivity index (χ2v) is 10.8. The predicted octanol–water partition coefficient (Wildman–Crippen LogP) is 3.88. The summed E-state index contributed by atoms with van der Waals surface area (Å²) < 4.78 is 40.4. The van der Waals surface area contributed by atoms with Crippen molar-refractivity contribution in [1.82, 2.24) is 10.2 Å². The molecule has 1 N–H and O–H groups in total. The van der Waals surface area contributed by atoms with Gasteiger partial charge in [0.15, 0.2) is 0 Å². The molecule has 0 saturated carbocycles. The third kappa shape index (κ3) is 8.35. The third-order valence-electron chi connectivity index (χ3n) is 5.68. The molecule has 0 aliphatic carbocycles. The van der Waals surface area contributed by atoms with Gasteiger partial charge in [0.05, 0.1) is 11.9 Å². The molecule has 0 saturated heterocycles. The molecule has 1 atom stereocenters.